The van der Waals surface area contributed by atoms with Crippen molar-refractivity contribution in [3.63, 3.8) is 0 Å². The lowest BCUT2D eigenvalue weighted by molar-refractivity contribution is 0.262. The predicted molar refractivity (Wildman–Crippen MR) is 142 cm³/mol. The van der Waals surface area contributed by atoms with Gasteiger partial charge in [-0.1, -0.05) is 24.3 Å². The van der Waals surface area contributed by atoms with E-state index in [-0.39, 0.29) is 9.79 Å². The summed E-state index contributed by atoms with van der Waals surface area (Å²) in [5, 5.41) is 8.49. The van der Waals surface area contributed by atoms with Crippen LogP contribution in [0, 0.1) is 0 Å². The Hall–Kier alpha value is -3.51. The normalized spacial score (nSPS) is 12.4. The number of anilines is 2. The Balaban J connectivity index is 1.56. The Morgan fingerprint density at radius 3 is 1.28 bits per heavy atom. The summed E-state index contributed by atoms with van der Waals surface area (Å²) >= 11 is 0. The van der Waals surface area contributed by atoms with Crippen LogP contribution in [-0.2, 0) is 20.0 Å². The van der Waals surface area contributed by atoms with Gasteiger partial charge in [0.2, 0.25) is 20.0 Å². The van der Waals surface area contributed by atoms with Gasteiger partial charge in [-0.05, 0) is 70.1 Å². The molecule has 2 N–H and O–H groups in total. The molecule has 0 saturated heterocycles. The van der Waals surface area contributed by atoms with Gasteiger partial charge in [0, 0.05) is 39.6 Å². The van der Waals surface area contributed by atoms with Crippen molar-refractivity contribution < 1.29 is 21.6 Å². The number of benzene rings is 4. The summed E-state index contributed by atoms with van der Waals surface area (Å²) in [6, 6.07) is 19.6. The van der Waals surface area contributed by atoms with Gasteiger partial charge in [0.1, 0.15) is 0 Å². The molecule has 0 fully saturated rings. The van der Waals surface area contributed by atoms with Crippen LogP contribution in [-0.4, -0.2) is 59.7 Å². The van der Waals surface area contributed by atoms with Gasteiger partial charge in [0.15, 0.2) is 0 Å². The summed E-state index contributed by atoms with van der Waals surface area (Å²) in [7, 11) is -1.30. The van der Waals surface area contributed by atoms with E-state index in [1.165, 1.54) is 28.2 Å². The zero-order chi connectivity index (χ0) is 26.3. The van der Waals surface area contributed by atoms with E-state index in [9.17, 15) is 21.6 Å². The van der Waals surface area contributed by atoms with Gasteiger partial charge in [-0.2, -0.15) is 0 Å². The molecule has 9 nitrogen and oxygen atoms in total. The maximum Gasteiger partial charge on any atom is 0.323 e. The number of fused-ring (bicyclic) bond motifs is 2. The first-order valence-corrected chi connectivity index (χ1v) is 13.8. The zero-order valence-corrected chi connectivity index (χ0v) is 21.8. The van der Waals surface area contributed by atoms with E-state index in [1.54, 1.807) is 72.8 Å². The highest BCUT2D eigenvalue weighted by Crippen LogP contribution is 2.26. The number of hydrogen-bond acceptors (Lipinski definition) is 5. The van der Waals surface area contributed by atoms with E-state index in [0.29, 0.717) is 22.1 Å². The van der Waals surface area contributed by atoms with Gasteiger partial charge in [-0.3, -0.25) is 0 Å². The van der Waals surface area contributed by atoms with Crippen molar-refractivity contribution in [3.8, 4) is 0 Å². The van der Waals surface area contributed by atoms with Gasteiger partial charge in [-0.15, -0.1) is 0 Å². The van der Waals surface area contributed by atoms with Crippen molar-refractivity contribution in [2.75, 3.05) is 38.8 Å². The van der Waals surface area contributed by atoms with E-state index >= 15 is 0 Å². The van der Waals surface area contributed by atoms with Gasteiger partial charge >= 0.3 is 6.03 Å². The first kappa shape index (κ1) is 25.6. The number of sulfonamides is 2. The fourth-order valence-corrected chi connectivity index (χ4v) is 5.52. The largest absolute Gasteiger partial charge is 0.323 e. The zero-order valence-electron chi connectivity index (χ0n) is 20.2. The van der Waals surface area contributed by atoms with Crippen molar-refractivity contribution in [3.05, 3.63) is 72.8 Å². The highest BCUT2D eigenvalue weighted by molar-refractivity contribution is 7.89. The van der Waals surface area contributed by atoms with Gasteiger partial charge < -0.3 is 10.6 Å². The van der Waals surface area contributed by atoms with Crippen molar-refractivity contribution in [1.29, 1.82) is 0 Å². The number of nitrogens with zero attached hydrogens (tertiary/aromatic N) is 2. The topological polar surface area (TPSA) is 116 Å². The Morgan fingerprint density at radius 1 is 0.556 bits per heavy atom. The summed E-state index contributed by atoms with van der Waals surface area (Å²) in [6.45, 7) is 0. The lowest BCUT2D eigenvalue weighted by Gasteiger charge is -2.13. The molecule has 188 valence electrons. The van der Waals surface area contributed by atoms with Crippen molar-refractivity contribution in [2.45, 2.75) is 9.79 Å². The maximum absolute atomic E-state index is 12.7. The molecule has 0 unspecified atom stereocenters. The molecule has 4 aromatic carbocycles. The fraction of sp³-hybridized carbons (Fsp3) is 0.160. The number of hydrogen-bond donors (Lipinski definition) is 2. The Morgan fingerprint density at radius 2 is 0.917 bits per heavy atom. The molecule has 0 radical (unpaired) electrons. The van der Waals surface area contributed by atoms with E-state index in [1.807, 2.05) is 0 Å². The summed E-state index contributed by atoms with van der Waals surface area (Å²) < 4.78 is 52.1. The summed E-state index contributed by atoms with van der Waals surface area (Å²) in [6.07, 6.45) is 0. The molecule has 0 aliphatic rings. The smallest absolute Gasteiger partial charge is 0.308 e. The monoisotopic (exact) mass is 526 g/mol. The van der Waals surface area contributed by atoms with Crippen LogP contribution in [0.2, 0.25) is 0 Å². The highest BCUT2D eigenvalue weighted by Gasteiger charge is 2.18. The van der Waals surface area contributed by atoms with E-state index in [2.05, 4.69) is 10.6 Å². The van der Waals surface area contributed by atoms with Crippen LogP contribution in [0.4, 0.5) is 16.2 Å². The minimum Gasteiger partial charge on any atom is -0.308 e. The van der Waals surface area contributed by atoms with Crippen molar-refractivity contribution in [1.82, 2.24) is 8.61 Å². The Labute approximate surface area is 210 Å². The lowest BCUT2D eigenvalue weighted by Crippen LogP contribution is -2.22. The second-order valence-corrected chi connectivity index (χ2v) is 12.9. The molecule has 4 aromatic rings. The summed E-state index contributed by atoms with van der Waals surface area (Å²) in [5.74, 6) is 0. The predicted octanol–water partition coefficient (Wildman–Crippen LogP) is 4.14. The van der Waals surface area contributed by atoms with Crippen LogP contribution in [0.15, 0.2) is 82.6 Å². The first-order valence-electron chi connectivity index (χ1n) is 10.9. The van der Waals surface area contributed by atoms with Crippen LogP contribution < -0.4 is 10.6 Å². The standard InChI is InChI=1S/C25H26N4O5S2/c1-28(2)35(31,32)23-11-7-17-5-9-21(13-19(17)15-23)26-25(30)27-22-10-6-18-8-12-24(16-20(18)14-22)36(33,34)29(3)4/h5-16H,1-4H3,(H2,26,27,30). The summed E-state index contributed by atoms with van der Waals surface area (Å²) in [5.41, 5.74) is 0.971. The molecular formula is C25H26N4O5S2. The molecule has 4 rings (SSSR count). The SMILES string of the molecule is CN(C)S(=O)(=O)c1ccc2ccc(NC(=O)Nc3ccc4ccc(S(=O)(=O)N(C)C)cc4c3)cc2c1. The quantitative estimate of drug-likeness (QED) is 0.392. The molecule has 36 heavy (non-hydrogen) atoms. The number of rotatable bonds is 6. The van der Waals surface area contributed by atoms with Crippen LogP contribution in [0.25, 0.3) is 21.5 Å². The molecule has 0 heterocycles. The molecule has 0 atom stereocenters. The first-order chi connectivity index (χ1) is 16.9. The number of carbonyl (C=O) groups is 1. The number of nitrogens with one attached hydrogen (secondary N) is 2. The molecule has 0 aliphatic carbocycles. The van der Waals surface area contributed by atoms with Gasteiger partial charge in [-0.25, -0.2) is 30.2 Å². The van der Waals surface area contributed by atoms with Crippen LogP contribution in [0.1, 0.15) is 0 Å². The second-order valence-electron chi connectivity index (χ2n) is 8.60. The molecule has 0 saturated carbocycles. The fourth-order valence-electron chi connectivity index (χ4n) is 3.64. The molecule has 11 heteroatoms. The number of carbonyl (C=O) groups excluding carboxylic acids is 1. The van der Waals surface area contributed by atoms with Crippen LogP contribution in [0.5, 0.6) is 0 Å². The van der Waals surface area contributed by atoms with Gasteiger partial charge in [0.05, 0.1) is 9.79 Å². The van der Waals surface area contributed by atoms with Crippen LogP contribution in [0.3, 0.4) is 0 Å². The number of amides is 2. The molecule has 0 aromatic heterocycles. The minimum absolute atomic E-state index is 0.161. The highest BCUT2D eigenvalue weighted by atomic mass is 32.2. The Bertz CT molecular complexity index is 1570. The molecular weight excluding hydrogens is 500 g/mol. The van der Waals surface area contributed by atoms with E-state index < -0.39 is 26.1 Å². The van der Waals surface area contributed by atoms with Crippen LogP contribution >= 0.6 is 0 Å². The molecule has 0 spiro atoms. The molecule has 0 bridgehead atoms. The van der Waals surface area contributed by atoms with Crippen molar-refractivity contribution in [2.24, 2.45) is 0 Å². The average molecular weight is 527 g/mol. The van der Waals surface area contributed by atoms with Gasteiger partial charge in [0.25, 0.3) is 0 Å². The molecule has 2 amide bonds. The number of urea groups is 1. The third-order valence-electron chi connectivity index (χ3n) is 5.70. The van der Waals surface area contributed by atoms with E-state index in [4.69, 9.17) is 0 Å². The van der Waals surface area contributed by atoms with E-state index in [0.717, 1.165) is 19.4 Å². The maximum atomic E-state index is 12.7. The third-order valence-corrected chi connectivity index (χ3v) is 9.32. The summed E-state index contributed by atoms with van der Waals surface area (Å²) in [4.78, 5) is 13.0. The third kappa shape index (κ3) is 5.05. The average Bonchev–Trinajstić information content (AvgIpc) is 2.82. The second kappa shape index (κ2) is 9.51. The van der Waals surface area contributed by atoms with Crippen molar-refractivity contribution >= 4 is 59.0 Å². The Kier molecular flexibility index (Phi) is 6.76. The minimum atomic E-state index is -3.59. The molecule has 0 aliphatic heterocycles. The lowest BCUT2D eigenvalue weighted by atomic mass is 10.1.